The number of carbonyl (C=O) groups is 1. The van der Waals surface area contributed by atoms with Gasteiger partial charge in [-0.3, -0.25) is 4.79 Å². The highest BCUT2D eigenvalue weighted by atomic mass is 32.2. The lowest BCUT2D eigenvalue weighted by Crippen LogP contribution is -2.50. The molecule has 0 aromatic carbocycles. The summed E-state index contributed by atoms with van der Waals surface area (Å²) in [5.41, 5.74) is 0. The number of quaternary nitrogens is 1. The second-order valence-electron chi connectivity index (χ2n) is 4.76. The minimum atomic E-state index is 0.339. The van der Waals surface area contributed by atoms with Crippen LogP contribution in [0, 0.1) is 0 Å². The maximum Gasteiger partial charge on any atom is 0.188 e. The van der Waals surface area contributed by atoms with Gasteiger partial charge in [0.1, 0.15) is 0 Å². The minimum absolute atomic E-state index is 0.339. The van der Waals surface area contributed by atoms with Gasteiger partial charge in [0.2, 0.25) is 0 Å². The topological polar surface area (TPSA) is 17.1 Å². The predicted octanol–water partition coefficient (Wildman–Crippen LogP) is 3.70. The Morgan fingerprint density at radius 1 is 1.00 bits per heavy atom. The van der Waals surface area contributed by atoms with Crippen molar-refractivity contribution in [2.45, 2.75) is 53.4 Å². The lowest BCUT2D eigenvalue weighted by atomic mass is 10.2. The van der Waals surface area contributed by atoms with Gasteiger partial charge in [-0.25, -0.2) is 0 Å². The number of unbranched alkanes of at least 4 members (excludes halogenated alkanes) is 1. The minimum Gasteiger partial charge on any atom is -0.323 e. The SMILES string of the molecule is CCCC[N+](CC)(CCC)CCSC(=O)CC. The summed E-state index contributed by atoms with van der Waals surface area (Å²) in [6, 6.07) is 0. The zero-order chi connectivity index (χ0) is 13.1. The summed E-state index contributed by atoms with van der Waals surface area (Å²) in [6.45, 7) is 13.6. The maximum atomic E-state index is 11.3. The molecule has 0 aliphatic heterocycles. The Balaban J connectivity index is 4.19. The molecule has 0 aliphatic rings. The van der Waals surface area contributed by atoms with Crippen LogP contribution in [-0.4, -0.2) is 41.5 Å². The van der Waals surface area contributed by atoms with E-state index in [-0.39, 0.29) is 0 Å². The van der Waals surface area contributed by atoms with Crippen LogP contribution in [0.25, 0.3) is 0 Å². The molecular formula is C14H30NOS+. The molecule has 0 aromatic heterocycles. The van der Waals surface area contributed by atoms with E-state index in [9.17, 15) is 4.79 Å². The van der Waals surface area contributed by atoms with Crippen LogP contribution in [0.4, 0.5) is 0 Å². The largest absolute Gasteiger partial charge is 0.323 e. The quantitative estimate of drug-likeness (QED) is 0.557. The molecule has 0 amide bonds. The number of thioether (sulfide) groups is 1. The molecule has 0 fully saturated rings. The maximum absolute atomic E-state index is 11.3. The zero-order valence-corrected chi connectivity index (χ0v) is 12.9. The van der Waals surface area contributed by atoms with E-state index in [4.69, 9.17) is 0 Å². The molecule has 1 unspecified atom stereocenters. The number of nitrogens with zero attached hydrogens (tertiary/aromatic N) is 1. The molecule has 0 aromatic rings. The van der Waals surface area contributed by atoms with Crippen LogP contribution in [0.3, 0.4) is 0 Å². The summed E-state index contributed by atoms with van der Waals surface area (Å²) in [4.78, 5) is 11.3. The van der Waals surface area contributed by atoms with E-state index < -0.39 is 0 Å². The number of carbonyl (C=O) groups excluding carboxylic acids is 1. The Bertz CT molecular complexity index is 208. The summed E-state index contributed by atoms with van der Waals surface area (Å²) >= 11 is 1.52. The summed E-state index contributed by atoms with van der Waals surface area (Å²) in [6.07, 6.45) is 4.48. The van der Waals surface area contributed by atoms with Gasteiger partial charge in [-0.15, -0.1) is 0 Å². The zero-order valence-electron chi connectivity index (χ0n) is 12.1. The first-order valence-corrected chi connectivity index (χ1v) is 8.13. The smallest absolute Gasteiger partial charge is 0.188 e. The van der Waals surface area contributed by atoms with Crippen LogP contribution in [0.15, 0.2) is 0 Å². The fourth-order valence-electron chi connectivity index (χ4n) is 2.23. The standard InChI is InChI=1S/C14H30NOS/c1-5-9-11-15(8-4,10-6-2)12-13-17-14(16)7-3/h5-13H2,1-4H3/q+1. The van der Waals surface area contributed by atoms with Gasteiger partial charge < -0.3 is 4.48 Å². The van der Waals surface area contributed by atoms with Crippen molar-refractivity contribution in [2.24, 2.45) is 0 Å². The number of hydrogen-bond acceptors (Lipinski definition) is 2. The van der Waals surface area contributed by atoms with Crippen molar-refractivity contribution in [3.63, 3.8) is 0 Å². The van der Waals surface area contributed by atoms with Crippen LogP contribution in [0.2, 0.25) is 0 Å². The van der Waals surface area contributed by atoms with Gasteiger partial charge >= 0.3 is 0 Å². The fourth-order valence-corrected chi connectivity index (χ4v) is 3.14. The Labute approximate surface area is 112 Å². The van der Waals surface area contributed by atoms with E-state index >= 15 is 0 Å². The average Bonchev–Trinajstić information content (AvgIpc) is 2.35. The molecule has 0 heterocycles. The van der Waals surface area contributed by atoms with Gasteiger partial charge in [-0.05, 0) is 19.8 Å². The van der Waals surface area contributed by atoms with Crippen LogP contribution >= 0.6 is 11.8 Å². The third-order valence-electron chi connectivity index (χ3n) is 3.47. The highest BCUT2D eigenvalue weighted by Gasteiger charge is 2.23. The second-order valence-corrected chi connectivity index (χ2v) is 5.91. The summed E-state index contributed by atoms with van der Waals surface area (Å²) in [7, 11) is 0. The Morgan fingerprint density at radius 3 is 2.18 bits per heavy atom. The molecule has 0 spiro atoms. The van der Waals surface area contributed by atoms with Crippen molar-refractivity contribution < 1.29 is 9.28 Å². The first-order chi connectivity index (χ1) is 8.14. The van der Waals surface area contributed by atoms with E-state index in [0.717, 1.165) is 12.3 Å². The number of rotatable bonds is 10. The first-order valence-electron chi connectivity index (χ1n) is 7.14. The Kier molecular flexibility index (Phi) is 9.94. The van der Waals surface area contributed by atoms with Gasteiger partial charge in [0.05, 0.1) is 31.9 Å². The molecule has 0 saturated heterocycles. The normalized spacial score (nSPS) is 14.6. The van der Waals surface area contributed by atoms with Crippen molar-refractivity contribution in [3.8, 4) is 0 Å². The van der Waals surface area contributed by atoms with Gasteiger partial charge in [-0.2, -0.15) is 0 Å². The molecule has 2 nitrogen and oxygen atoms in total. The summed E-state index contributed by atoms with van der Waals surface area (Å²) in [5.74, 6) is 0.990. The average molecular weight is 260 g/mol. The Hall–Kier alpha value is -0.0200. The molecule has 102 valence electrons. The third kappa shape index (κ3) is 7.10. The molecule has 0 N–H and O–H groups in total. The monoisotopic (exact) mass is 260 g/mol. The van der Waals surface area contributed by atoms with Crippen molar-refractivity contribution in [1.82, 2.24) is 0 Å². The Morgan fingerprint density at radius 2 is 1.71 bits per heavy atom. The molecule has 3 heteroatoms. The van der Waals surface area contributed by atoms with Crippen LogP contribution < -0.4 is 0 Å². The lowest BCUT2D eigenvalue weighted by Gasteiger charge is -2.37. The first kappa shape index (κ1) is 17.0. The lowest BCUT2D eigenvalue weighted by molar-refractivity contribution is -0.924. The predicted molar refractivity (Wildman–Crippen MR) is 78.4 cm³/mol. The van der Waals surface area contributed by atoms with E-state index in [2.05, 4.69) is 20.8 Å². The highest BCUT2D eigenvalue weighted by Crippen LogP contribution is 2.14. The molecule has 0 radical (unpaired) electrons. The molecule has 0 rings (SSSR count). The highest BCUT2D eigenvalue weighted by molar-refractivity contribution is 8.13. The van der Waals surface area contributed by atoms with E-state index in [1.165, 1.54) is 55.1 Å². The van der Waals surface area contributed by atoms with E-state index in [1.54, 1.807) is 0 Å². The molecule has 0 aliphatic carbocycles. The van der Waals surface area contributed by atoms with Crippen molar-refractivity contribution in [2.75, 3.05) is 31.9 Å². The van der Waals surface area contributed by atoms with Gasteiger partial charge in [0.25, 0.3) is 0 Å². The number of hydrogen-bond donors (Lipinski definition) is 0. The van der Waals surface area contributed by atoms with Crippen LogP contribution in [0.5, 0.6) is 0 Å². The molecular weight excluding hydrogens is 230 g/mol. The third-order valence-corrected chi connectivity index (χ3v) is 4.47. The van der Waals surface area contributed by atoms with Gasteiger partial charge in [-0.1, -0.05) is 39.0 Å². The summed E-state index contributed by atoms with van der Waals surface area (Å²) in [5, 5.41) is 0.339. The van der Waals surface area contributed by atoms with Gasteiger partial charge in [0, 0.05) is 6.42 Å². The molecule has 17 heavy (non-hydrogen) atoms. The summed E-state index contributed by atoms with van der Waals surface area (Å²) < 4.78 is 1.20. The van der Waals surface area contributed by atoms with Crippen molar-refractivity contribution >= 4 is 16.9 Å². The van der Waals surface area contributed by atoms with E-state index in [1.807, 2.05) is 6.92 Å². The van der Waals surface area contributed by atoms with Crippen molar-refractivity contribution in [1.29, 1.82) is 0 Å². The molecule has 0 saturated carbocycles. The fraction of sp³-hybridized carbons (Fsp3) is 0.929. The van der Waals surface area contributed by atoms with Crippen LogP contribution in [-0.2, 0) is 4.79 Å². The van der Waals surface area contributed by atoms with Crippen LogP contribution in [0.1, 0.15) is 53.4 Å². The molecule has 0 bridgehead atoms. The van der Waals surface area contributed by atoms with E-state index in [0.29, 0.717) is 11.5 Å². The molecule has 1 atom stereocenters. The van der Waals surface area contributed by atoms with Gasteiger partial charge in [0.15, 0.2) is 5.12 Å². The van der Waals surface area contributed by atoms with Crippen molar-refractivity contribution in [3.05, 3.63) is 0 Å². The second kappa shape index (κ2) is 9.95.